The summed E-state index contributed by atoms with van der Waals surface area (Å²) in [6.07, 6.45) is 5.50. The Morgan fingerprint density at radius 3 is 2.37 bits per heavy atom. The Bertz CT molecular complexity index is 1210. The molecule has 7 atom stereocenters. The number of hydrogen-bond donors (Lipinski definition) is 1. The number of piperidine rings is 1. The summed E-state index contributed by atoms with van der Waals surface area (Å²) in [5.74, 6) is -0.217. The number of amides is 3. The fourth-order valence-corrected chi connectivity index (χ4v) is 7.43. The molecule has 46 heavy (non-hydrogen) atoms. The first-order valence-corrected chi connectivity index (χ1v) is 17.7. The van der Waals surface area contributed by atoms with Gasteiger partial charge in [0.05, 0.1) is 42.7 Å². The normalized spacial score (nSPS) is 19.2. The maximum atomic E-state index is 14.1. The lowest BCUT2D eigenvalue weighted by atomic mass is 9.87. The Kier molecular flexibility index (Phi) is 15.1. The number of ether oxygens (including phenoxy) is 2. The number of benzene rings is 1. The van der Waals surface area contributed by atoms with Gasteiger partial charge in [0.1, 0.15) is 5.01 Å². The fourth-order valence-electron chi connectivity index (χ4n) is 6.74. The van der Waals surface area contributed by atoms with E-state index in [9.17, 15) is 14.4 Å². The third-order valence-electron chi connectivity index (χ3n) is 9.49. The zero-order valence-corrected chi connectivity index (χ0v) is 29.9. The van der Waals surface area contributed by atoms with Crippen LogP contribution in [0.4, 0.5) is 0 Å². The molecule has 256 valence electrons. The molecule has 3 amide bonds. The maximum absolute atomic E-state index is 14.1. The maximum Gasteiger partial charge on any atom is 0.226 e. The van der Waals surface area contributed by atoms with E-state index in [0.29, 0.717) is 19.4 Å². The van der Waals surface area contributed by atoms with E-state index >= 15 is 0 Å². The molecule has 1 fully saturated rings. The van der Waals surface area contributed by atoms with Crippen molar-refractivity contribution in [1.82, 2.24) is 20.1 Å². The summed E-state index contributed by atoms with van der Waals surface area (Å²) in [7, 11) is 5.08. The van der Waals surface area contributed by atoms with Gasteiger partial charge < -0.3 is 24.6 Å². The molecule has 1 aliphatic heterocycles. The van der Waals surface area contributed by atoms with E-state index in [1.807, 2.05) is 56.3 Å². The van der Waals surface area contributed by atoms with Gasteiger partial charge in [-0.25, -0.2) is 4.98 Å². The summed E-state index contributed by atoms with van der Waals surface area (Å²) in [6.45, 7) is 10.8. The molecule has 9 nitrogen and oxygen atoms in total. The number of likely N-dealkylation sites (tertiary alicyclic amines) is 1. The van der Waals surface area contributed by atoms with Crippen molar-refractivity contribution < 1.29 is 23.9 Å². The van der Waals surface area contributed by atoms with Crippen LogP contribution in [0.2, 0.25) is 0 Å². The first-order chi connectivity index (χ1) is 22.0. The minimum Gasteiger partial charge on any atom is -0.379 e. The molecule has 0 spiro atoms. The fraction of sp³-hybridized carbons (Fsp3) is 0.667. The van der Waals surface area contributed by atoms with Crippen LogP contribution in [0.3, 0.4) is 0 Å². The highest BCUT2D eigenvalue weighted by molar-refractivity contribution is 7.09. The number of nitrogens with one attached hydrogen (secondary N) is 1. The Hall–Kier alpha value is -2.82. The van der Waals surface area contributed by atoms with Crippen molar-refractivity contribution in [3.05, 3.63) is 52.5 Å². The van der Waals surface area contributed by atoms with E-state index in [1.54, 1.807) is 25.3 Å². The Morgan fingerprint density at radius 1 is 1.07 bits per heavy atom. The van der Waals surface area contributed by atoms with Crippen LogP contribution < -0.4 is 5.32 Å². The van der Waals surface area contributed by atoms with Gasteiger partial charge in [-0.05, 0) is 43.1 Å². The van der Waals surface area contributed by atoms with E-state index in [1.165, 1.54) is 11.3 Å². The molecule has 1 aromatic carbocycles. The molecule has 1 N–H and O–H groups in total. The number of aromatic nitrogens is 1. The highest BCUT2D eigenvalue weighted by Gasteiger charge is 2.41. The number of rotatable bonds is 17. The number of methoxy groups -OCH3 is 2. The van der Waals surface area contributed by atoms with Crippen LogP contribution in [0, 0.1) is 17.8 Å². The average Bonchev–Trinajstić information content (AvgIpc) is 3.59. The van der Waals surface area contributed by atoms with E-state index < -0.39 is 18.1 Å². The number of thiazole rings is 1. The molecule has 0 bridgehead atoms. The van der Waals surface area contributed by atoms with Gasteiger partial charge >= 0.3 is 0 Å². The standard InChI is InChI=1S/C36H56N4O5S/c1-9-25(4)33(39(6)31(41)21-24(2)3)30(44-7)23-32(42)40-19-14-13-17-29(40)34(45-8)26(5)35(43)38-28(36-37-18-20-46-36)22-27-15-11-10-12-16-27/h10-12,15-16,18,20,24-26,28-30,33-34H,9,13-14,17,19,21-23H2,1-8H3,(H,38,43)/t25-,26+,28-,29-,30+,33-,34+/m0/s1. The Balaban J connectivity index is 1.78. The zero-order valence-electron chi connectivity index (χ0n) is 29.1. The molecule has 1 saturated heterocycles. The Labute approximate surface area is 280 Å². The zero-order chi connectivity index (χ0) is 33.8. The molecular formula is C36H56N4O5S. The van der Waals surface area contributed by atoms with Crippen molar-refractivity contribution in [2.24, 2.45) is 17.8 Å². The molecule has 10 heteroatoms. The molecule has 1 aliphatic rings. The molecule has 2 aromatic rings. The van der Waals surface area contributed by atoms with Crippen molar-refractivity contribution >= 4 is 29.1 Å². The largest absolute Gasteiger partial charge is 0.379 e. The third kappa shape index (κ3) is 10.1. The van der Waals surface area contributed by atoms with E-state index in [2.05, 4.69) is 36.3 Å². The van der Waals surface area contributed by atoms with Crippen molar-refractivity contribution in [3.8, 4) is 0 Å². The monoisotopic (exact) mass is 656 g/mol. The number of nitrogens with zero attached hydrogens (tertiary/aromatic N) is 3. The summed E-state index contributed by atoms with van der Waals surface area (Å²) in [5.41, 5.74) is 1.11. The van der Waals surface area contributed by atoms with Gasteiger partial charge in [-0.2, -0.15) is 0 Å². The number of carbonyl (C=O) groups excluding carboxylic acids is 3. The first kappa shape index (κ1) is 37.6. The van der Waals surface area contributed by atoms with Crippen LogP contribution in [-0.4, -0.2) is 84.6 Å². The molecular weight excluding hydrogens is 600 g/mol. The molecule has 0 saturated carbocycles. The molecule has 0 radical (unpaired) electrons. The van der Waals surface area contributed by atoms with Gasteiger partial charge in [0.25, 0.3) is 0 Å². The molecule has 1 aromatic heterocycles. The highest BCUT2D eigenvalue weighted by atomic mass is 32.1. The summed E-state index contributed by atoms with van der Waals surface area (Å²) in [5, 5.41) is 6.02. The van der Waals surface area contributed by atoms with Crippen molar-refractivity contribution in [3.63, 3.8) is 0 Å². The first-order valence-electron chi connectivity index (χ1n) is 16.9. The van der Waals surface area contributed by atoms with E-state index in [0.717, 1.165) is 36.3 Å². The lowest BCUT2D eigenvalue weighted by molar-refractivity contribution is -0.149. The highest BCUT2D eigenvalue weighted by Crippen LogP contribution is 2.30. The lowest BCUT2D eigenvalue weighted by Gasteiger charge is -2.43. The Morgan fingerprint density at radius 2 is 1.78 bits per heavy atom. The second kappa shape index (κ2) is 18.5. The van der Waals surface area contributed by atoms with E-state index in [-0.39, 0.29) is 54.1 Å². The lowest BCUT2D eigenvalue weighted by Crippen LogP contribution is -2.56. The van der Waals surface area contributed by atoms with Gasteiger partial charge in [0, 0.05) is 45.8 Å². The molecule has 2 heterocycles. The van der Waals surface area contributed by atoms with Crippen LogP contribution in [0.25, 0.3) is 0 Å². The number of hydrogen-bond acceptors (Lipinski definition) is 7. The SMILES string of the molecule is CC[C@H](C)[C@@H]([C@@H](CC(=O)N1CCCC[C@H]1[C@H](OC)[C@@H](C)C(=O)N[C@@H](Cc1ccccc1)c1nccs1)OC)N(C)C(=O)CC(C)C. The minimum absolute atomic E-state index is 0.0334. The summed E-state index contributed by atoms with van der Waals surface area (Å²) >= 11 is 1.52. The van der Waals surface area contributed by atoms with Crippen LogP contribution in [-0.2, 0) is 30.3 Å². The van der Waals surface area contributed by atoms with Gasteiger partial charge in [-0.1, -0.05) is 71.4 Å². The van der Waals surface area contributed by atoms with Crippen molar-refractivity contribution in [1.29, 1.82) is 0 Å². The van der Waals surface area contributed by atoms with E-state index in [4.69, 9.17) is 9.47 Å². The number of carbonyl (C=O) groups is 3. The number of likely N-dealkylation sites (N-methyl/N-ethyl adjacent to an activating group) is 1. The summed E-state index contributed by atoms with van der Waals surface area (Å²) in [6, 6.07) is 9.32. The van der Waals surface area contributed by atoms with Crippen LogP contribution in [0.15, 0.2) is 41.9 Å². The summed E-state index contributed by atoms with van der Waals surface area (Å²) in [4.78, 5) is 49.2. The van der Waals surface area contributed by atoms with Gasteiger partial charge in [0.15, 0.2) is 0 Å². The van der Waals surface area contributed by atoms with Crippen LogP contribution in [0.1, 0.15) is 89.8 Å². The summed E-state index contributed by atoms with van der Waals surface area (Å²) < 4.78 is 12.0. The smallest absolute Gasteiger partial charge is 0.226 e. The molecule has 0 unspecified atom stereocenters. The predicted octanol–water partition coefficient (Wildman–Crippen LogP) is 5.90. The van der Waals surface area contributed by atoms with Crippen molar-refractivity contribution in [2.75, 3.05) is 27.8 Å². The second-order valence-corrected chi connectivity index (χ2v) is 14.1. The third-order valence-corrected chi connectivity index (χ3v) is 10.4. The second-order valence-electron chi connectivity index (χ2n) is 13.2. The van der Waals surface area contributed by atoms with Crippen molar-refractivity contribution in [2.45, 2.75) is 110 Å². The molecule has 0 aliphatic carbocycles. The molecule has 3 rings (SSSR count). The minimum atomic E-state index is -0.507. The van der Waals surface area contributed by atoms with Crippen LogP contribution >= 0.6 is 11.3 Å². The predicted molar refractivity (Wildman–Crippen MR) is 183 cm³/mol. The quantitative estimate of drug-likeness (QED) is 0.228. The van der Waals surface area contributed by atoms with Gasteiger partial charge in [-0.15, -0.1) is 11.3 Å². The van der Waals surface area contributed by atoms with Crippen LogP contribution in [0.5, 0.6) is 0 Å². The topological polar surface area (TPSA) is 101 Å². The van der Waals surface area contributed by atoms with Gasteiger partial charge in [-0.3, -0.25) is 14.4 Å². The average molecular weight is 657 g/mol. The van der Waals surface area contributed by atoms with Gasteiger partial charge in [0.2, 0.25) is 17.7 Å².